The smallest absolute Gasteiger partial charge is 0.0237 e. The first kappa shape index (κ1) is 8.98. The lowest BCUT2D eigenvalue weighted by atomic mass is 10.1. The maximum atomic E-state index is 3.32. The summed E-state index contributed by atoms with van der Waals surface area (Å²) in [5.74, 6) is 0.772. The van der Waals surface area contributed by atoms with E-state index in [-0.39, 0.29) is 0 Å². The number of nitrogens with zero attached hydrogens (tertiary/aromatic N) is 1. The number of fused-ring (bicyclic) bond motifs is 1. The predicted molar refractivity (Wildman–Crippen MR) is 61.3 cm³/mol. The Morgan fingerprint density at radius 2 is 2.13 bits per heavy atom. The highest BCUT2D eigenvalue weighted by molar-refractivity contribution is 5.21. The highest BCUT2D eigenvalue weighted by atomic mass is 15.2. The second-order valence-corrected chi connectivity index (χ2v) is 4.48. The van der Waals surface area contributed by atoms with Gasteiger partial charge < -0.3 is 5.32 Å². The Bertz CT molecular complexity index is 369. The van der Waals surface area contributed by atoms with Gasteiger partial charge in [0.05, 0.1) is 0 Å². The fourth-order valence-corrected chi connectivity index (χ4v) is 2.53. The van der Waals surface area contributed by atoms with Crippen LogP contribution in [0.2, 0.25) is 0 Å². The lowest BCUT2D eigenvalue weighted by molar-refractivity contribution is 0.316. The molecule has 1 aromatic rings. The van der Waals surface area contributed by atoms with Crippen molar-refractivity contribution < 1.29 is 0 Å². The lowest BCUT2D eigenvalue weighted by Gasteiger charge is -2.15. The molecule has 1 saturated heterocycles. The van der Waals surface area contributed by atoms with Crippen molar-refractivity contribution in [3.05, 3.63) is 47.7 Å². The van der Waals surface area contributed by atoms with Gasteiger partial charge in [-0.05, 0) is 17.3 Å². The summed E-state index contributed by atoms with van der Waals surface area (Å²) < 4.78 is 0. The first-order valence-electron chi connectivity index (χ1n) is 5.60. The summed E-state index contributed by atoms with van der Waals surface area (Å²) >= 11 is 0. The van der Waals surface area contributed by atoms with Gasteiger partial charge in [-0.3, -0.25) is 4.90 Å². The van der Waals surface area contributed by atoms with Crippen LogP contribution in [0.5, 0.6) is 0 Å². The van der Waals surface area contributed by atoms with Gasteiger partial charge in [-0.15, -0.1) is 0 Å². The summed E-state index contributed by atoms with van der Waals surface area (Å²) in [5.41, 5.74) is 3.01. The maximum absolute atomic E-state index is 3.32. The molecule has 0 aliphatic carbocycles. The highest BCUT2D eigenvalue weighted by Crippen LogP contribution is 2.25. The van der Waals surface area contributed by atoms with Crippen LogP contribution in [0.25, 0.3) is 0 Å². The van der Waals surface area contributed by atoms with Crippen molar-refractivity contribution in [2.75, 3.05) is 19.6 Å². The van der Waals surface area contributed by atoms with Crippen molar-refractivity contribution in [2.45, 2.75) is 6.54 Å². The Hall–Kier alpha value is -1.28. The van der Waals surface area contributed by atoms with Crippen molar-refractivity contribution in [2.24, 2.45) is 5.92 Å². The Kier molecular flexibility index (Phi) is 2.22. The Labute approximate surface area is 90.6 Å². The van der Waals surface area contributed by atoms with Gasteiger partial charge in [0.2, 0.25) is 0 Å². The molecule has 1 aromatic carbocycles. The van der Waals surface area contributed by atoms with Gasteiger partial charge in [0.1, 0.15) is 0 Å². The van der Waals surface area contributed by atoms with Crippen LogP contribution in [0.3, 0.4) is 0 Å². The van der Waals surface area contributed by atoms with Crippen LogP contribution < -0.4 is 5.32 Å². The summed E-state index contributed by atoms with van der Waals surface area (Å²) in [7, 11) is 0. The van der Waals surface area contributed by atoms with E-state index < -0.39 is 0 Å². The molecular weight excluding hydrogens is 184 g/mol. The van der Waals surface area contributed by atoms with E-state index in [0.717, 1.165) is 25.6 Å². The molecule has 0 saturated carbocycles. The van der Waals surface area contributed by atoms with E-state index in [0.29, 0.717) is 0 Å². The van der Waals surface area contributed by atoms with Crippen LogP contribution in [0.4, 0.5) is 0 Å². The van der Waals surface area contributed by atoms with Gasteiger partial charge in [0.15, 0.2) is 0 Å². The summed E-state index contributed by atoms with van der Waals surface area (Å²) in [5, 5.41) is 3.32. The van der Waals surface area contributed by atoms with Gasteiger partial charge in [-0.1, -0.05) is 30.3 Å². The quantitative estimate of drug-likeness (QED) is 0.780. The Balaban J connectivity index is 1.66. The fraction of sp³-hybridized carbons (Fsp3) is 0.385. The highest BCUT2D eigenvalue weighted by Gasteiger charge is 2.29. The molecule has 0 aromatic heterocycles. The molecule has 3 rings (SSSR count). The molecule has 2 nitrogen and oxygen atoms in total. The molecule has 2 aliphatic heterocycles. The van der Waals surface area contributed by atoms with E-state index in [2.05, 4.69) is 46.7 Å². The third-order valence-corrected chi connectivity index (χ3v) is 3.31. The first-order valence-corrected chi connectivity index (χ1v) is 5.60. The monoisotopic (exact) mass is 200 g/mol. The molecular formula is C13H16N2. The van der Waals surface area contributed by atoms with Crippen molar-refractivity contribution >= 4 is 0 Å². The van der Waals surface area contributed by atoms with Gasteiger partial charge in [-0.25, -0.2) is 0 Å². The van der Waals surface area contributed by atoms with E-state index in [1.54, 1.807) is 5.57 Å². The molecule has 1 unspecified atom stereocenters. The van der Waals surface area contributed by atoms with E-state index in [9.17, 15) is 0 Å². The summed E-state index contributed by atoms with van der Waals surface area (Å²) in [6.07, 6.45) is 2.20. The van der Waals surface area contributed by atoms with Crippen LogP contribution in [0, 0.1) is 5.92 Å². The van der Waals surface area contributed by atoms with Crippen LogP contribution in [-0.4, -0.2) is 24.5 Å². The lowest BCUT2D eigenvalue weighted by Crippen LogP contribution is -2.23. The standard InChI is InChI=1S/C13H16N2/c1-2-4-11(5-3-1)8-15-9-12-6-14-7-13(12)10-15/h1-6,13-14H,7-10H2. The number of likely N-dealkylation sites (tertiary alicyclic amines) is 1. The number of benzene rings is 1. The van der Waals surface area contributed by atoms with Gasteiger partial charge in [-0.2, -0.15) is 0 Å². The predicted octanol–water partition coefficient (Wildman–Crippen LogP) is 1.61. The van der Waals surface area contributed by atoms with Crippen molar-refractivity contribution in [3.8, 4) is 0 Å². The molecule has 15 heavy (non-hydrogen) atoms. The van der Waals surface area contributed by atoms with E-state index in [1.807, 2.05) is 0 Å². The molecule has 0 spiro atoms. The van der Waals surface area contributed by atoms with Crippen molar-refractivity contribution in [1.29, 1.82) is 0 Å². The second-order valence-electron chi connectivity index (χ2n) is 4.48. The molecule has 0 radical (unpaired) electrons. The number of hydrogen-bond acceptors (Lipinski definition) is 2. The van der Waals surface area contributed by atoms with E-state index in [4.69, 9.17) is 0 Å². The summed E-state index contributed by atoms with van der Waals surface area (Å²) in [6, 6.07) is 10.7. The zero-order valence-corrected chi connectivity index (χ0v) is 8.82. The molecule has 78 valence electrons. The largest absolute Gasteiger partial charge is 0.390 e. The zero-order chi connectivity index (χ0) is 10.1. The summed E-state index contributed by atoms with van der Waals surface area (Å²) in [6.45, 7) is 4.59. The molecule has 0 bridgehead atoms. The Morgan fingerprint density at radius 1 is 1.27 bits per heavy atom. The van der Waals surface area contributed by atoms with Crippen LogP contribution in [0.1, 0.15) is 5.56 Å². The topological polar surface area (TPSA) is 15.3 Å². The second kappa shape index (κ2) is 3.70. The average Bonchev–Trinajstić information content (AvgIpc) is 2.79. The van der Waals surface area contributed by atoms with Crippen molar-refractivity contribution in [3.63, 3.8) is 0 Å². The number of rotatable bonds is 2. The molecule has 2 heterocycles. The molecule has 0 amide bonds. The molecule has 2 aliphatic rings. The molecule has 2 heteroatoms. The first-order chi connectivity index (χ1) is 7.42. The van der Waals surface area contributed by atoms with Gasteiger partial charge >= 0.3 is 0 Å². The summed E-state index contributed by atoms with van der Waals surface area (Å²) in [4.78, 5) is 2.53. The van der Waals surface area contributed by atoms with E-state index in [1.165, 1.54) is 12.1 Å². The van der Waals surface area contributed by atoms with Gasteiger partial charge in [0.25, 0.3) is 0 Å². The molecule has 1 N–H and O–H groups in total. The maximum Gasteiger partial charge on any atom is 0.0237 e. The fourth-order valence-electron chi connectivity index (χ4n) is 2.53. The third kappa shape index (κ3) is 1.77. The minimum absolute atomic E-state index is 0.772. The van der Waals surface area contributed by atoms with Crippen molar-refractivity contribution in [1.82, 2.24) is 10.2 Å². The Morgan fingerprint density at radius 3 is 2.93 bits per heavy atom. The minimum atomic E-state index is 0.772. The normalized spacial score (nSPS) is 24.8. The third-order valence-electron chi connectivity index (χ3n) is 3.31. The van der Waals surface area contributed by atoms with Gasteiger partial charge in [0, 0.05) is 32.1 Å². The minimum Gasteiger partial charge on any atom is -0.390 e. The SMILES string of the molecule is C1=C2CN(Cc3ccccc3)CC2CN1. The molecule has 1 fully saturated rings. The van der Waals surface area contributed by atoms with Crippen LogP contribution in [0.15, 0.2) is 42.1 Å². The molecule has 1 atom stereocenters. The average molecular weight is 200 g/mol. The van der Waals surface area contributed by atoms with Crippen LogP contribution in [-0.2, 0) is 6.54 Å². The number of nitrogens with one attached hydrogen (secondary N) is 1. The van der Waals surface area contributed by atoms with Crippen LogP contribution >= 0.6 is 0 Å². The number of hydrogen-bond donors (Lipinski definition) is 1. The van der Waals surface area contributed by atoms with E-state index >= 15 is 0 Å². The zero-order valence-electron chi connectivity index (χ0n) is 8.82.